The van der Waals surface area contributed by atoms with Crippen LogP contribution < -0.4 is 5.32 Å². The van der Waals surface area contributed by atoms with Gasteiger partial charge in [-0.05, 0) is 11.4 Å². The zero-order chi connectivity index (χ0) is 16.9. The summed E-state index contributed by atoms with van der Waals surface area (Å²) >= 11 is 2.72. The van der Waals surface area contributed by atoms with Crippen molar-refractivity contribution < 1.29 is 14.7 Å². The van der Waals surface area contributed by atoms with Gasteiger partial charge in [0.1, 0.15) is 0 Å². The van der Waals surface area contributed by atoms with Gasteiger partial charge in [-0.1, -0.05) is 36.4 Å². The van der Waals surface area contributed by atoms with Gasteiger partial charge < -0.3 is 10.4 Å². The van der Waals surface area contributed by atoms with Crippen LogP contribution >= 0.6 is 22.7 Å². The monoisotopic (exact) mass is 358 g/mol. The topological polar surface area (TPSA) is 79.3 Å². The van der Waals surface area contributed by atoms with Crippen LogP contribution in [0.2, 0.25) is 0 Å². The number of anilines is 1. The zero-order valence-corrected chi connectivity index (χ0v) is 14.2. The lowest BCUT2D eigenvalue weighted by molar-refractivity contribution is -0.136. The van der Waals surface area contributed by atoms with Crippen LogP contribution in [0.4, 0.5) is 5.13 Å². The third-order valence-electron chi connectivity index (χ3n) is 3.22. The molecule has 122 valence electrons. The Labute approximate surface area is 146 Å². The second kappa shape index (κ2) is 7.37. The molecule has 5 nitrogen and oxygen atoms in total. The molecule has 2 heterocycles. The molecule has 0 aliphatic carbocycles. The van der Waals surface area contributed by atoms with Gasteiger partial charge in [0.05, 0.1) is 18.5 Å². The summed E-state index contributed by atoms with van der Waals surface area (Å²) in [6.45, 7) is 0. The van der Waals surface area contributed by atoms with Crippen molar-refractivity contribution in [1.29, 1.82) is 0 Å². The summed E-state index contributed by atoms with van der Waals surface area (Å²) in [5.41, 5.74) is 1.44. The van der Waals surface area contributed by atoms with Crippen molar-refractivity contribution in [3.05, 3.63) is 57.6 Å². The Morgan fingerprint density at radius 3 is 2.54 bits per heavy atom. The molecule has 0 atom stereocenters. The number of hydrogen-bond acceptors (Lipinski definition) is 5. The van der Waals surface area contributed by atoms with Crippen LogP contribution in [0.15, 0.2) is 47.8 Å². The maximum Gasteiger partial charge on any atom is 0.308 e. The Balaban J connectivity index is 1.82. The van der Waals surface area contributed by atoms with Gasteiger partial charge in [0.2, 0.25) is 5.91 Å². The van der Waals surface area contributed by atoms with Crippen molar-refractivity contribution in [3.63, 3.8) is 0 Å². The number of nitrogens with one attached hydrogen (secondary N) is 1. The van der Waals surface area contributed by atoms with Crippen molar-refractivity contribution in [2.75, 3.05) is 5.32 Å². The zero-order valence-electron chi connectivity index (χ0n) is 12.6. The highest BCUT2D eigenvalue weighted by atomic mass is 32.1. The van der Waals surface area contributed by atoms with E-state index < -0.39 is 5.97 Å². The van der Waals surface area contributed by atoms with E-state index in [1.165, 1.54) is 22.7 Å². The van der Waals surface area contributed by atoms with E-state index in [9.17, 15) is 9.59 Å². The number of carbonyl (C=O) groups is 2. The van der Waals surface area contributed by atoms with Gasteiger partial charge in [-0.3, -0.25) is 9.59 Å². The lowest BCUT2D eigenvalue weighted by atomic mass is 10.1. The maximum absolute atomic E-state index is 12.1. The number of hydrogen-bond donors (Lipinski definition) is 2. The smallest absolute Gasteiger partial charge is 0.308 e. The Bertz CT molecular complexity index is 842. The number of rotatable bonds is 6. The van der Waals surface area contributed by atoms with E-state index in [1.54, 1.807) is 0 Å². The Morgan fingerprint density at radius 1 is 1.08 bits per heavy atom. The number of aromatic nitrogens is 1. The van der Waals surface area contributed by atoms with Gasteiger partial charge in [-0.25, -0.2) is 4.98 Å². The summed E-state index contributed by atoms with van der Waals surface area (Å²) in [5, 5.41) is 14.2. The number of thiophene rings is 1. The third-order valence-corrected chi connectivity index (χ3v) is 5.06. The van der Waals surface area contributed by atoms with Crippen LogP contribution in [-0.2, 0) is 22.4 Å². The number of benzene rings is 1. The first-order valence-electron chi connectivity index (χ1n) is 7.21. The van der Waals surface area contributed by atoms with Crippen molar-refractivity contribution >= 4 is 39.7 Å². The predicted octanol–water partition coefficient (Wildman–Crippen LogP) is 3.68. The molecule has 0 saturated carbocycles. The molecule has 3 rings (SSSR count). The molecule has 1 aromatic carbocycles. The van der Waals surface area contributed by atoms with Gasteiger partial charge in [-0.2, -0.15) is 0 Å². The average Bonchev–Trinajstić information content (AvgIpc) is 3.17. The van der Waals surface area contributed by atoms with E-state index in [-0.39, 0.29) is 18.7 Å². The molecule has 0 bridgehead atoms. The average molecular weight is 358 g/mol. The third kappa shape index (κ3) is 4.06. The number of amides is 1. The standard InChI is InChI=1S/C17H14N2O3S2/c20-14(9-12-7-4-8-23-12)18-17-19-16(11-5-2-1-3-6-11)13(24-17)10-15(21)22/h1-8H,9-10H2,(H,21,22)(H,18,19,20). The number of nitrogens with zero attached hydrogens (tertiary/aromatic N) is 1. The fourth-order valence-corrected chi connectivity index (χ4v) is 3.91. The van der Waals surface area contributed by atoms with Crippen LogP contribution in [0.5, 0.6) is 0 Å². The number of carboxylic acid groups (broad SMARTS) is 1. The van der Waals surface area contributed by atoms with Gasteiger partial charge in [0.15, 0.2) is 5.13 Å². The first-order valence-corrected chi connectivity index (χ1v) is 8.90. The summed E-state index contributed by atoms with van der Waals surface area (Å²) in [6, 6.07) is 13.2. The molecule has 0 unspecified atom stereocenters. The quantitative estimate of drug-likeness (QED) is 0.704. The largest absolute Gasteiger partial charge is 0.481 e. The number of aliphatic carboxylic acids is 1. The summed E-state index contributed by atoms with van der Waals surface area (Å²) in [7, 11) is 0. The highest BCUT2D eigenvalue weighted by molar-refractivity contribution is 7.16. The minimum absolute atomic E-state index is 0.122. The molecular formula is C17H14N2O3S2. The minimum Gasteiger partial charge on any atom is -0.481 e. The van der Waals surface area contributed by atoms with Gasteiger partial charge >= 0.3 is 5.97 Å². The molecule has 0 fully saturated rings. The van der Waals surface area contributed by atoms with Crippen LogP contribution in [0.25, 0.3) is 11.3 Å². The fraction of sp³-hybridized carbons (Fsp3) is 0.118. The van der Waals surface area contributed by atoms with E-state index >= 15 is 0 Å². The lowest BCUT2D eigenvalue weighted by Crippen LogP contribution is -2.13. The second-order valence-corrected chi connectivity index (χ2v) is 7.15. The molecule has 2 N–H and O–H groups in total. The summed E-state index contributed by atoms with van der Waals surface area (Å²) in [4.78, 5) is 29.2. The normalized spacial score (nSPS) is 10.5. The number of carboxylic acids is 1. The molecule has 24 heavy (non-hydrogen) atoms. The maximum atomic E-state index is 12.1. The highest BCUT2D eigenvalue weighted by Gasteiger charge is 2.17. The Morgan fingerprint density at radius 2 is 1.88 bits per heavy atom. The van der Waals surface area contributed by atoms with Crippen LogP contribution in [0, 0.1) is 0 Å². The molecule has 0 saturated heterocycles. The Hall–Kier alpha value is -2.51. The molecule has 0 radical (unpaired) electrons. The van der Waals surface area contributed by atoms with Crippen LogP contribution in [-0.4, -0.2) is 22.0 Å². The van der Waals surface area contributed by atoms with Gasteiger partial charge in [0, 0.05) is 15.3 Å². The molecule has 0 spiro atoms. The lowest BCUT2D eigenvalue weighted by Gasteiger charge is -2.00. The molecule has 3 aromatic rings. The van der Waals surface area contributed by atoms with Crippen LogP contribution in [0.1, 0.15) is 9.75 Å². The molecule has 1 amide bonds. The predicted molar refractivity (Wildman–Crippen MR) is 95.5 cm³/mol. The van der Waals surface area contributed by atoms with Crippen LogP contribution in [0.3, 0.4) is 0 Å². The summed E-state index contributed by atoms with van der Waals surface area (Å²) in [6.07, 6.45) is 0.162. The SMILES string of the molecule is O=C(O)Cc1sc(NC(=O)Cc2cccs2)nc1-c1ccccc1. The molecular weight excluding hydrogens is 344 g/mol. The van der Waals surface area contributed by atoms with E-state index in [2.05, 4.69) is 10.3 Å². The molecule has 2 aromatic heterocycles. The van der Waals surface area contributed by atoms with E-state index in [4.69, 9.17) is 5.11 Å². The minimum atomic E-state index is -0.924. The second-order valence-electron chi connectivity index (χ2n) is 5.03. The first kappa shape index (κ1) is 16.4. The molecule has 0 aliphatic rings. The van der Waals surface area contributed by atoms with Crippen molar-refractivity contribution in [1.82, 2.24) is 4.98 Å². The van der Waals surface area contributed by atoms with Crippen molar-refractivity contribution in [2.45, 2.75) is 12.8 Å². The van der Waals surface area contributed by atoms with E-state index in [0.717, 1.165) is 10.4 Å². The number of carbonyl (C=O) groups excluding carboxylic acids is 1. The van der Waals surface area contributed by atoms with E-state index in [0.29, 0.717) is 15.7 Å². The van der Waals surface area contributed by atoms with Crippen molar-refractivity contribution in [3.8, 4) is 11.3 Å². The van der Waals surface area contributed by atoms with Gasteiger partial charge in [-0.15, -0.1) is 22.7 Å². The first-order chi connectivity index (χ1) is 11.6. The molecule has 7 heteroatoms. The molecule has 0 aliphatic heterocycles. The van der Waals surface area contributed by atoms with Crippen molar-refractivity contribution in [2.24, 2.45) is 0 Å². The highest BCUT2D eigenvalue weighted by Crippen LogP contribution is 2.31. The fourth-order valence-electron chi connectivity index (χ4n) is 2.22. The summed E-state index contributed by atoms with van der Waals surface area (Å²) < 4.78 is 0. The summed E-state index contributed by atoms with van der Waals surface area (Å²) in [5.74, 6) is -1.08. The Kier molecular flexibility index (Phi) is 5.02. The van der Waals surface area contributed by atoms with Gasteiger partial charge in [0.25, 0.3) is 0 Å². The number of thiazole rings is 1. The van der Waals surface area contributed by atoms with E-state index in [1.807, 2.05) is 47.8 Å².